The molecule has 3 heterocycles. The SMILES string of the molecule is Fc1ccc(-c2cc(-c3nn(CCCN4CCOCC4)cc3-c3ccc(F)cc3)ccn2)cc1. The minimum atomic E-state index is -0.283. The van der Waals surface area contributed by atoms with Crippen molar-refractivity contribution < 1.29 is 13.5 Å². The van der Waals surface area contributed by atoms with Crippen molar-refractivity contribution in [1.82, 2.24) is 19.7 Å². The van der Waals surface area contributed by atoms with Crippen molar-refractivity contribution >= 4 is 0 Å². The number of hydrogen-bond acceptors (Lipinski definition) is 4. The first-order valence-corrected chi connectivity index (χ1v) is 11.5. The van der Waals surface area contributed by atoms with Gasteiger partial charge in [0.05, 0.1) is 18.9 Å². The van der Waals surface area contributed by atoms with Crippen molar-refractivity contribution in [2.45, 2.75) is 13.0 Å². The van der Waals surface area contributed by atoms with Crippen molar-refractivity contribution in [3.63, 3.8) is 0 Å². The number of aryl methyl sites for hydroxylation is 1. The van der Waals surface area contributed by atoms with Crippen molar-refractivity contribution in [2.75, 3.05) is 32.8 Å². The highest BCUT2D eigenvalue weighted by molar-refractivity contribution is 5.81. The number of nitrogens with zero attached hydrogens (tertiary/aromatic N) is 4. The van der Waals surface area contributed by atoms with E-state index in [0.29, 0.717) is 0 Å². The summed E-state index contributed by atoms with van der Waals surface area (Å²) in [7, 11) is 0. The fourth-order valence-electron chi connectivity index (χ4n) is 4.23. The van der Waals surface area contributed by atoms with Crippen LogP contribution in [0, 0.1) is 11.6 Å². The number of halogens is 2. The zero-order chi connectivity index (χ0) is 23.3. The van der Waals surface area contributed by atoms with Crippen LogP contribution >= 0.6 is 0 Å². The fraction of sp³-hybridized carbons (Fsp3) is 0.259. The summed E-state index contributed by atoms with van der Waals surface area (Å²) in [6.07, 6.45) is 4.74. The standard InChI is InChI=1S/C27H26F2N4O/c28-23-6-2-20(3-7-23)25-19-33(13-1-12-32-14-16-34-17-15-32)31-27(25)22-10-11-30-26(18-22)21-4-8-24(29)9-5-21/h2-11,18-19H,1,12-17H2. The Bertz CT molecular complexity index is 1230. The second-order valence-electron chi connectivity index (χ2n) is 8.41. The van der Waals surface area contributed by atoms with Crippen molar-refractivity contribution in [1.29, 1.82) is 0 Å². The predicted molar refractivity (Wildman–Crippen MR) is 128 cm³/mol. The van der Waals surface area contributed by atoms with Crippen LogP contribution in [0.4, 0.5) is 8.78 Å². The van der Waals surface area contributed by atoms with E-state index < -0.39 is 0 Å². The molecule has 4 aromatic rings. The van der Waals surface area contributed by atoms with Gasteiger partial charge in [-0.1, -0.05) is 12.1 Å². The summed E-state index contributed by atoms with van der Waals surface area (Å²) in [5, 5.41) is 4.90. The number of hydrogen-bond donors (Lipinski definition) is 0. The maximum absolute atomic E-state index is 13.6. The third-order valence-corrected chi connectivity index (χ3v) is 6.06. The fourth-order valence-corrected chi connectivity index (χ4v) is 4.23. The van der Waals surface area contributed by atoms with Crippen LogP contribution in [0.2, 0.25) is 0 Å². The lowest BCUT2D eigenvalue weighted by atomic mass is 10.0. The van der Waals surface area contributed by atoms with E-state index in [1.54, 1.807) is 30.5 Å². The van der Waals surface area contributed by atoms with Gasteiger partial charge in [-0.3, -0.25) is 14.6 Å². The minimum Gasteiger partial charge on any atom is -0.379 e. The number of pyridine rings is 1. The summed E-state index contributed by atoms with van der Waals surface area (Å²) in [5.74, 6) is -0.556. The minimum absolute atomic E-state index is 0.272. The van der Waals surface area contributed by atoms with Gasteiger partial charge < -0.3 is 4.74 Å². The highest BCUT2D eigenvalue weighted by Gasteiger charge is 2.16. The first kappa shape index (κ1) is 22.4. The highest BCUT2D eigenvalue weighted by atomic mass is 19.1. The van der Waals surface area contributed by atoms with E-state index in [0.717, 1.165) is 79.5 Å². The van der Waals surface area contributed by atoms with Gasteiger partial charge in [0.2, 0.25) is 0 Å². The van der Waals surface area contributed by atoms with Gasteiger partial charge in [-0.05, 0) is 60.5 Å². The molecule has 0 N–H and O–H groups in total. The predicted octanol–water partition coefficient (Wildman–Crippen LogP) is 5.28. The second-order valence-corrected chi connectivity index (χ2v) is 8.41. The van der Waals surface area contributed by atoms with Gasteiger partial charge in [-0.2, -0.15) is 5.10 Å². The summed E-state index contributed by atoms with van der Waals surface area (Å²) in [5.41, 5.74) is 5.11. The Hall–Kier alpha value is -3.42. The first-order chi connectivity index (χ1) is 16.7. The Morgan fingerprint density at radius 3 is 2.18 bits per heavy atom. The lowest BCUT2D eigenvalue weighted by Crippen LogP contribution is -2.37. The van der Waals surface area contributed by atoms with Gasteiger partial charge in [0, 0.05) is 55.3 Å². The zero-order valence-electron chi connectivity index (χ0n) is 18.8. The molecule has 1 saturated heterocycles. The highest BCUT2D eigenvalue weighted by Crippen LogP contribution is 2.33. The van der Waals surface area contributed by atoms with Gasteiger partial charge in [-0.15, -0.1) is 0 Å². The van der Waals surface area contributed by atoms with E-state index in [-0.39, 0.29) is 11.6 Å². The van der Waals surface area contributed by atoms with E-state index in [1.165, 1.54) is 24.3 Å². The molecule has 0 radical (unpaired) electrons. The molecule has 2 aromatic carbocycles. The molecule has 0 aliphatic carbocycles. The Balaban J connectivity index is 1.44. The molecular weight excluding hydrogens is 434 g/mol. The Kier molecular flexibility index (Phi) is 6.74. The molecule has 5 nitrogen and oxygen atoms in total. The van der Waals surface area contributed by atoms with Crippen LogP contribution in [0.5, 0.6) is 0 Å². The van der Waals surface area contributed by atoms with Crippen molar-refractivity contribution in [2.24, 2.45) is 0 Å². The molecule has 1 aliphatic heterocycles. The number of ether oxygens (including phenoxy) is 1. The molecule has 174 valence electrons. The molecule has 5 rings (SSSR count). The number of benzene rings is 2. The molecular formula is C27H26F2N4O. The Labute approximate surface area is 197 Å². The zero-order valence-corrected chi connectivity index (χ0v) is 18.8. The molecule has 0 saturated carbocycles. The van der Waals surface area contributed by atoms with Crippen molar-refractivity contribution in [3.8, 4) is 33.6 Å². The van der Waals surface area contributed by atoms with Gasteiger partial charge in [-0.25, -0.2) is 8.78 Å². The average Bonchev–Trinajstić information content (AvgIpc) is 3.30. The molecule has 0 amide bonds. The van der Waals surface area contributed by atoms with E-state index in [4.69, 9.17) is 9.84 Å². The molecule has 0 spiro atoms. The van der Waals surface area contributed by atoms with Crippen LogP contribution in [0.1, 0.15) is 6.42 Å². The summed E-state index contributed by atoms with van der Waals surface area (Å²) < 4.78 is 34.3. The van der Waals surface area contributed by atoms with E-state index >= 15 is 0 Å². The number of aromatic nitrogens is 3. The maximum atomic E-state index is 13.6. The normalized spacial score (nSPS) is 14.4. The quantitative estimate of drug-likeness (QED) is 0.376. The molecule has 0 bridgehead atoms. The second kappa shape index (κ2) is 10.2. The van der Waals surface area contributed by atoms with Crippen LogP contribution in [0.25, 0.3) is 33.6 Å². The summed E-state index contributed by atoms with van der Waals surface area (Å²) in [4.78, 5) is 6.87. The smallest absolute Gasteiger partial charge is 0.123 e. The molecule has 7 heteroatoms. The summed E-state index contributed by atoms with van der Waals surface area (Å²) in [6, 6.07) is 16.6. The maximum Gasteiger partial charge on any atom is 0.123 e. The first-order valence-electron chi connectivity index (χ1n) is 11.5. The van der Waals surface area contributed by atoms with Gasteiger partial charge in [0.1, 0.15) is 17.3 Å². The molecule has 0 unspecified atom stereocenters. The van der Waals surface area contributed by atoms with Crippen LogP contribution in [0.3, 0.4) is 0 Å². The monoisotopic (exact) mass is 460 g/mol. The average molecular weight is 461 g/mol. The van der Waals surface area contributed by atoms with Crippen molar-refractivity contribution in [3.05, 3.63) is 84.7 Å². The molecule has 2 aromatic heterocycles. The summed E-state index contributed by atoms with van der Waals surface area (Å²) >= 11 is 0. The van der Waals surface area contributed by atoms with E-state index in [9.17, 15) is 8.78 Å². The lowest BCUT2D eigenvalue weighted by molar-refractivity contribution is 0.0368. The molecule has 1 aliphatic rings. The molecule has 1 fully saturated rings. The summed E-state index contributed by atoms with van der Waals surface area (Å²) in [6.45, 7) is 5.29. The topological polar surface area (TPSA) is 43.2 Å². The van der Waals surface area contributed by atoms with Gasteiger partial charge in [0.15, 0.2) is 0 Å². The number of morpholine rings is 1. The van der Waals surface area contributed by atoms with Crippen LogP contribution in [-0.2, 0) is 11.3 Å². The van der Waals surface area contributed by atoms with Crippen LogP contribution in [0.15, 0.2) is 73.1 Å². The van der Waals surface area contributed by atoms with Crippen LogP contribution < -0.4 is 0 Å². The Morgan fingerprint density at radius 1 is 0.794 bits per heavy atom. The van der Waals surface area contributed by atoms with Gasteiger partial charge in [0.25, 0.3) is 0 Å². The number of rotatable bonds is 7. The lowest BCUT2D eigenvalue weighted by Gasteiger charge is -2.26. The van der Waals surface area contributed by atoms with E-state index in [2.05, 4.69) is 9.88 Å². The Morgan fingerprint density at radius 2 is 1.47 bits per heavy atom. The molecule has 0 atom stereocenters. The van der Waals surface area contributed by atoms with Crippen LogP contribution in [-0.4, -0.2) is 52.5 Å². The third-order valence-electron chi connectivity index (χ3n) is 6.06. The van der Waals surface area contributed by atoms with E-state index in [1.807, 2.05) is 23.0 Å². The van der Waals surface area contributed by atoms with Gasteiger partial charge >= 0.3 is 0 Å². The largest absolute Gasteiger partial charge is 0.379 e. The third kappa shape index (κ3) is 5.21. The molecule has 34 heavy (non-hydrogen) atoms.